The molecule has 0 saturated heterocycles. The molecule has 0 fully saturated rings. The molecule has 0 aromatic heterocycles. The fourth-order valence-electron chi connectivity index (χ4n) is 5.00. The number of para-hydroxylation sites is 2. The van der Waals surface area contributed by atoms with Crippen molar-refractivity contribution in [3.63, 3.8) is 0 Å². The van der Waals surface area contributed by atoms with Crippen LogP contribution in [0, 0.1) is 0 Å². The van der Waals surface area contributed by atoms with Crippen molar-refractivity contribution in [2.24, 2.45) is 0 Å². The van der Waals surface area contributed by atoms with E-state index < -0.39 is 11.2 Å². The predicted octanol–water partition coefficient (Wildman–Crippen LogP) is 8.73. The van der Waals surface area contributed by atoms with Crippen molar-refractivity contribution < 1.29 is 70.4 Å². The standard InChI is InChI=1S/2C21H36O5.Ti/c2*1-5-8-14-23-17-21(4,26-22)18-12-11-13-19(24-15-9-6-2)20(18)25-16-10-7-3;/h2*11-13,22H,5-10,14-17H2,1-4H3;/q;;+2/p-2. The zero-order chi connectivity index (χ0) is 38.5. The van der Waals surface area contributed by atoms with Crippen molar-refractivity contribution in [1.29, 1.82) is 0 Å². The number of benzene rings is 2. The Labute approximate surface area is 336 Å². The van der Waals surface area contributed by atoms with E-state index in [1.165, 1.54) is 0 Å². The molecule has 2 aromatic carbocycles. The average molecular weight is 783 g/mol. The van der Waals surface area contributed by atoms with Crippen molar-refractivity contribution in [3.8, 4) is 23.0 Å². The molecule has 11 heteroatoms. The molecule has 0 amide bonds. The first kappa shape index (κ1) is 51.1. The topological polar surface area (TPSA) is 120 Å². The minimum absolute atomic E-state index is 0. The van der Waals surface area contributed by atoms with Gasteiger partial charge in [-0.15, -0.1) is 0 Å². The molecule has 53 heavy (non-hydrogen) atoms. The Kier molecular flexibility index (Phi) is 30.2. The summed E-state index contributed by atoms with van der Waals surface area (Å²) in [6, 6.07) is 11.2. The molecule has 2 aromatic rings. The Balaban J connectivity index is 0.00000100. The summed E-state index contributed by atoms with van der Waals surface area (Å²) in [6.45, 7) is 20.1. The Morgan fingerprint density at radius 3 is 1.06 bits per heavy atom. The Morgan fingerprint density at radius 2 is 0.755 bits per heavy atom. The van der Waals surface area contributed by atoms with Crippen molar-refractivity contribution in [3.05, 3.63) is 47.5 Å². The summed E-state index contributed by atoms with van der Waals surface area (Å²) in [6.07, 6.45) is 12.0. The van der Waals surface area contributed by atoms with E-state index in [1.807, 2.05) is 36.4 Å². The van der Waals surface area contributed by atoms with Crippen LogP contribution in [-0.2, 0) is 52.2 Å². The third-order valence-corrected chi connectivity index (χ3v) is 8.50. The maximum atomic E-state index is 11.6. The molecule has 0 aliphatic heterocycles. The van der Waals surface area contributed by atoms with Gasteiger partial charge in [0, 0.05) is 24.3 Å². The van der Waals surface area contributed by atoms with Gasteiger partial charge in [0.25, 0.3) is 0 Å². The van der Waals surface area contributed by atoms with Gasteiger partial charge in [0.15, 0.2) is 23.0 Å². The fourth-order valence-corrected chi connectivity index (χ4v) is 5.00. The van der Waals surface area contributed by atoms with Crippen LogP contribution in [0.25, 0.3) is 0 Å². The molecule has 0 radical (unpaired) electrons. The van der Waals surface area contributed by atoms with Crippen molar-refractivity contribution in [1.82, 2.24) is 0 Å². The molecule has 0 aliphatic rings. The van der Waals surface area contributed by atoms with Crippen LogP contribution in [0.3, 0.4) is 0 Å². The zero-order valence-corrected chi connectivity index (χ0v) is 35.8. The van der Waals surface area contributed by atoms with Gasteiger partial charge < -0.3 is 48.7 Å². The first-order chi connectivity index (χ1) is 25.2. The van der Waals surface area contributed by atoms with Crippen LogP contribution in [0.15, 0.2) is 36.4 Å². The SMILES string of the molecule is CCCCOCC(C)(O[O-])c1cccc(OCCCC)c1OCCCC.CCCCOCC(C)(O[O-])c1cccc(OCCCC)c1OCCCC.[Ti+2]. The molecule has 302 valence electrons. The number of rotatable bonds is 30. The molecule has 0 saturated carbocycles. The maximum Gasteiger partial charge on any atom is 2.00 e. The minimum Gasteiger partial charge on any atom is -0.723 e. The number of ether oxygens (including phenoxy) is 6. The van der Waals surface area contributed by atoms with Gasteiger partial charge in [-0.2, -0.15) is 0 Å². The largest absolute Gasteiger partial charge is 2.00 e. The summed E-state index contributed by atoms with van der Waals surface area (Å²) in [5.74, 6) is 2.50. The fraction of sp³-hybridized carbons (Fsp3) is 0.714. The van der Waals surface area contributed by atoms with Gasteiger partial charge in [0.1, 0.15) is 11.2 Å². The molecule has 0 heterocycles. The van der Waals surface area contributed by atoms with Crippen LogP contribution < -0.4 is 29.5 Å². The molecule has 0 N–H and O–H groups in total. The van der Waals surface area contributed by atoms with Gasteiger partial charge in [-0.3, -0.25) is 0 Å². The molecular weight excluding hydrogens is 712 g/mol. The van der Waals surface area contributed by atoms with Crippen LogP contribution >= 0.6 is 0 Å². The van der Waals surface area contributed by atoms with Gasteiger partial charge in [-0.05, 0) is 64.5 Å². The summed E-state index contributed by atoms with van der Waals surface area (Å²) in [5, 5.41) is 23.2. The molecule has 0 bridgehead atoms. The molecule has 2 rings (SSSR count). The molecule has 2 atom stereocenters. The Hall–Kier alpha value is -1.89. The smallest absolute Gasteiger partial charge is 0.723 e. The zero-order valence-electron chi connectivity index (χ0n) is 34.2. The second-order valence-corrected chi connectivity index (χ2v) is 13.5. The van der Waals surface area contributed by atoms with Gasteiger partial charge in [0.2, 0.25) is 0 Å². The van der Waals surface area contributed by atoms with Crippen LogP contribution in [0.2, 0.25) is 0 Å². The van der Waals surface area contributed by atoms with Gasteiger partial charge in [-0.25, -0.2) is 0 Å². The Bertz CT molecular complexity index is 1080. The molecule has 2 unspecified atom stereocenters. The number of unbranched alkanes of at least 4 members (excludes halogenated alkanes) is 6. The third kappa shape index (κ3) is 19.0. The van der Waals surface area contributed by atoms with Crippen molar-refractivity contribution in [2.75, 3.05) is 52.9 Å². The summed E-state index contributed by atoms with van der Waals surface area (Å²) < 4.78 is 35.2. The second kappa shape index (κ2) is 31.3. The van der Waals surface area contributed by atoms with Crippen molar-refractivity contribution >= 4 is 0 Å². The van der Waals surface area contributed by atoms with Crippen LogP contribution in [0.1, 0.15) is 144 Å². The van der Waals surface area contributed by atoms with E-state index in [4.69, 9.17) is 28.4 Å². The summed E-state index contributed by atoms with van der Waals surface area (Å²) in [7, 11) is 0. The van der Waals surface area contributed by atoms with Gasteiger partial charge in [-0.1, -0.05) is 104 Å². The minimum atomic E-state index is -1.13. The van der Waals surface area contributed by atoms with E-state index >= 15 is 0 Å². The molecule has 10 nitrogen and oxygen atoms in total. The predicted molar refractivity (Wildman–Crippen MR) is 203 cm³/mol. The van der Waals surface area contributed by atoms with E-state index in [1.54, 1.807) is 13.8 Å². The van der Waals surface area contributed by atoms with Crippen LogP contribution in [0.4, 0.5) is 0 Å². The van der Waals surface area contributed by atoms with Gasteiger partial charge in [0.05, 0.1) is 39.6 Å². The molecular formula is C42H70O10Ti. The molecule has 0 aliphatic carbocycles. The van der Waals surface area contributed by atoms with E-state index in [0.29, 0.717) is 73.8 Å². The first-order valence-corrected chi connectivity index (χ1v) is 19.8. The quantitative estimate of drug-likeness (QED) is 0.0329. The van der Waals surface area contributed by atoms with Gasteiger partial charge >= 0.3 is 21.7 Å². The summed E-state index contributed by atoms with van der Waals surface area (Å²) >= 11 is 0. The van der Waals surface area contributed by atoms with E-state index in [-0.39, 0.29) is 34.9 Å². The Morgan fingerprint density at radius 1 is 0.453 bits per heavy atom. The van der Waals surface area contributed by atoms with Crippen molar-refractivity contribution in [2.45, 2.75) is 144 Å². The van der Waals surface area contributed by atoms with E-state index in [2.05, 4.69) is 51.3 Å². The van der Waals surface area contributed by atoms with Crippen LogP contribution in [0.5, 0.6) is 23.0 Å². The third-order valence-electron chi connectivity index (χ3n) is 8.50. The average Bonchev–Trinajstić information content (AvgIpc) is 3.16. The second-order valence-electron chi connectivity index (χ2n) is 13.5. The van der Waals surface area contributed by atoms with E-state index in [9.17, 15) is 10.5 Å². The summed E-state index contributed by atoms with van der Waals surface area (Å²) in [5.41, 5.74) is -0.901. The van der Waals surface area contributed by atoms with Crippen LogP contribution in [-0.4, -0.2) is 52.9 Å². The number of hydrogen-bond donors (Lipinski definition) is 0. The first-order valence-electron chi connectivity index (χ1n) is 19.8. The number of hydrogen-bond acceptors (Lipinski definition) is 10. The monoisotopic (exact) mass is 782 g/mol. The normalized spacial score (nSPS) is 13.2. The molecule has 0 spiro atoms. The maximum absolute atomic E-state index is 11.6. The summed E-state index contributed by atoms with van der Waals surface area (Å²) in [4.78, 5) is 9.24. The van der Waals surface area contributed by atoms with E-state index in [0.717, 1.165) is 77.0 Å².